The first-order chi connectivity index (χ1) is 7.58. The molecule has 1 aromatic carbocycles. The summed E-state index contributed by atoms with van der Waals surface area (Å²) in [7, 11) is 0. The minimum absolute atomic E-state index is 0.134. The molecule has 1 aromatic rings. The van der Waals surface area contributed by atoms with Gasteiger partial charge in [0.2, 0.25) is 5.91 Å². The number of benzene rings is 1. The van der Waals surface area contributed by atoms with Gasteiger partial charge in [-0.15, -0.1) is 4.91 Å². The summed E-state index contributed by atoms with van der Waals surface area (Å²) in [5.41, 5.74) is 1.19. The van der Waals surface area contributed by atoms with Gasteiger partial charge < -0.3 is 5.32 Å². The molecular formula is C11H11N3O2. The second-order valence-corrected chi connectivity index (χ2v) is 3.40. The molecule has 0 aliphatic heterocycles. The summed E-state index contributed by atoms with van der Waals surface area (Å²) in [5, 5.41) is 14.1. The van der Waals surface area contributed by atoms with Gasteiger partial charge in [0, 0.05) is 6.92 Å². The Bertz CT molecular complexity index is 463. The van der Waals surface area contributed by atoms with Crippen LogP contribution in [0.2, 0.25) is 0 Å². The Morgan fingerprint density at radius 3 is 2.75 bits per heavy atom. The summed E-state index contributed by atoms with van der Waals surface area (Å²) in [6.07, 6.45) is 0. The van der Waals surface area contributed by atoms with Crippen molar-refractivity contribution in [1.29, 1.82) is 5.26 Å². The van der Waals surface area contributed by atoms with E-state index in [2.05, 4.69) is 16.6 Å². The SMILES string of the molecule is CC(=O)Nc1ccc(C(C)C#N)cc1N=O. The Morgan fingerprint density at radius 1 is 1.56 bits per heavy atom. The highest BCUT2D eigenvalue weighted by Gasteiger charge is 2.09. The molecule has 1 unspecified atom stereocenters. The van der Waals surface area contributed by atoms with Crippen LogP contribution in [0.3, 0.4) is 0 Å². The van der Waals surface area contributed by atoms with Crippen LogP contribution >= 0.6 is 0 Å². The highest BCUT2D eigenvalue weighted by Crippen LogP contribution is 2.28. The molecule has 0 aliphatic carbocycles. The summed E-state index contributed by atoms with van der Waals surface area (Å²) in [5.74, 6) is -0.585. The minimum atomic E-state index is -0.313. The average Bonchev–Trinajstić information content (AvgIpc) is 2.27. The van der Waals surface area contributed by atoms with Gasteiger partial charge >= 0.3 is 0 Å². The Kier molecular flexibility index (Phi) is 3.72. The molecule has 0 aromatic heterocycles. The summed E-state index contributed by atoms with van der Waals surface area (Å²) in [6.45, 7) is 3.07. The van der Waals surface area contributed by atoms with E-state index in [1.807, 2.05) is 0 Å². The van der Waals surface area contributed by atoms with Gasteiger partial charge in [0.15, 0.2) is 0 Å². The van der Waals surface area contributed by atoms with Crippen LogP contribution in [0.1, 0.15) is 25.3 Å². The third-order valence-electron chi connectivity index (χ3n) is 2.12. The average molecular weight is 217 g/mol. The molecule has 16 heavy (non-hydrogen) atoms. The van der Waals surface area contributed by atoms with Crippen molar-refractivity contribution >= 4 is 17.3 Å². The Hall–Kier alpha value is -2.22. The van der Waals surface area contributed by atoms with Crippen molar-refractivity contribution < 1.29 is 4.79 Å². The van der Waals surface area contributed by atoms with Gasteiger partial charge in [-0.05, 0) is 29.8 Å². The van der Waals surface area contributed by atoms with Crippen molar-refractivity contribution in [3.8, 4) is 6.07 Å². The lowest BCUT2D eigenvalue weighted by Gasteiger charge is -2.07. The smallest absolute Gasteiger partial charge is 0.221 e. The van der Waals surface area contributed by atoms with E-state index < -0.39 is 0 Å². The Balaban J connectivity index is 3.12. The lowest BCUT2D eigenvalue weighted by atomic mass is 10.0. The second kappa shape index (κ2) is 5.03. The van der Waals surface area contributed by atoms with E-state index in [4.69, 9.17) is 5.26 Å². The fraction of sp³-hybridized carbons (Fsp3) is 0.273. The van der Waals surface area contributed by atoms with Gasteiger partial charge in [-0.1, -0.05) is 6.07 Å². The van der Waals surface area contributed by atoms with Crippen LogP contribution in [-0.4, -0.2) is 5.91 Å². The molecule has 0 bridgehead atoms. The van der Waals surface area contributed by atoms with Gasteiger partial charge in [0.25, 0.3) is 0 Å². The number of carbonyl (C=O) groups is 1. The van der Waals surface area contributed by atoms with Crippen LogP contribution in [0.4, 0.5) is 11.4 Å². The molecule has 1 amide bonds. The largest absolute Gasteiger partial charge is 0.324 e. The van der Waals surface area contributed by atoms with E-state index in [0.717, 1.165) is 0 Å². The minimum Gasteiger partial charge on any atom is -0.324 e. The first-order valence-electron chi connectivity index (χ1n) is 4.73. The van der Waals surface area contributed by atoms with Gasteiger partial charge in [0.1, 0.15) is 5.69 Å². The molecular weight excluding hydrogens is 206 g/mol. The number of hydrogen-bond acceptors (Lipinski definition) is 4. The number of anilines is 1. The van der Waals surface area contributed by atoms with Crippen molar-refractivity contribution in [2.75, 3.05) is 5.32 Å². The number of rotatable bonds is 3. The van der Waals surface area contributed by atoms with Gasteiger partial charge in [-0.3, -0.25) is 4.79 Å². The van der Waals surface area contributed by atoms with Crippen molar-refractivity contribution in [3.05, 3.63) is 28.7 Å². The number of amides is 1. The van der Waals surface area contributed by atoms with Crippen LogP contribution in [-0.2, 0) is 4.79 Å². The van der Waals surface area contributed by atoms with E-state index in [1.54, 1.807) is 19.1 Å². The molecule has 1 N–H and O–H groups in total. The van der Waals surface area contributed by atoms with E-state index in [1.165, 1.54) is 13.0 Å². The molecule has 1 atom stereocenters. The third kappa shape index (κ3) is 2.64. The summed E-state index contributed by atoms with van der Waals surface area (Å²) >= 11 is 0. The fourth-order valence-corrected chi connectivity index (χ4v) is 1.26. The number of nitrogens with one attached hydrogen (secondary N) is 1. The fourth-order valence-electron chi connectivity index (χ4n) is 1.26. The van der Waals surface area contributed by atoms with Crippen molar-refractivity contribution in [1.82, 2.24) is 0 Å². The number of hydrogen-bond donors (Lipinski definition) is 1. The first kappa shape index (κ1) is 11.9. The van der Waals surface area contributed by atoms with E-state index in [9.17, 15) is 9.70 Å². The van der Waals surface area contributed by atoms with Crippen LogP contribution < -0.4 is 5.32 Å². The molecule has 0 radical (unpaired) electrons. The molecule has 5 heteroatoms. The van der Waals surface area contributed by atoms with Crippen molar-refractivity contribution in [2.45, 2.75) is 19.8 Å². The Labute approximate surface area is 93.1 Å². The molecule has 0 fully saturated rings. The molecule has 0 heterocycles. The monoisotopic (exact) mass is 217 g/mol. The van der Waals surface area contributed by atoms with Gasteiger partial charge in [-0.25, -0.2) is 0 Å². The summed E-state index contributed by atoms with van der Waals surface area (Å²) < 4.78 is 0. The summed E-state index contributed by atoms with van der Waals surface area (Å²) in [6, 6.07) is 6.83. The maximum absolute atomic E-state index is 10.8. The molecule has 1 rings (SSSR count). The quantitative estimate of drug-likeness (QED) is 0.790. The zero-order valence-electron chi connectivity index (χ0n) is 9.02. The maximum atomic E-state index is 10.8. The normalized spacial score (nSPS) is 11.3. The van der Waals surface area contributed by atoms with Crippen molar-refractivity contribution in [3.63, 3.8) is 0 Å². The van der Waals surface area contributed by atoms with E-state index >= 15 is 0 Å². The molecule has 0 spiro atoms. The summed E-state index contributed by atoms with van der Waals surface area (Å²) in [4.78, 5) is 21.4. The molecule has 5 nitrogen and oxygen atoms in total. The lowest BCUT2D eigenvalue weighted by Crippen LogP contribution is -2.06. The second-order valence-electron chi connectivity index (χ2n) is 3.40. The van der Waals surface area contributed by atoms with Crippen LogP contribution in [0.15, 0.2) is 23.4 Å². The van der Waals surface area contributed by atoms with Crippen LogP contribution in [0, 0.1) is 16.2 Å². The topological polar surface area (TPSA) is 82.3 Å². The standard InChI is InChI=1S/C11H11N3O2/c1-7(6-12)9-3-4-10(13-8(2)15)11(5-9)14-16/h3-5,7H,1-2H3,(H,13,15). The van der Waals surface area contributed by atoms with Crippen LogP contribution in [0.25, 0.3) is 0 Å². The van der Waals surface area contributed by atoms with Gasteiger partial charge in [0.05, 0.1) is 17.7 Å². The van der Waals surface area contributed by atoms with Crippen molar-refractivity contribution in [2.24, 2.45) is 5.18 Å². The molecule has 0 saturated carbocycles. The van der Waals surface area contributed by atoms with Gasteiger partial charge in [-0.2, -0.15) is 5.26 Å². The predicted octanol–water partition coefficient (Wildman–Crippen LogP) is 2.67. The predicted molar refractivity (Wildman–Crippen MR) is 60.2 cm³/mol. The number of nitroso groups, excluding NO2 is 1. The molecule has 82 valence electrons. The lowest BCUT2D eigenvalue weighted by molar-refractivity contribution is -0.114. The van der Waals surface area contributed by atoms with E-state index in [-0.39, 0.29) is 17.5 Å². The molecule has 0 aliphatic rings. The Morgan fingerprint density at radius 2 is 2.25 bits per heavy atom. The zero-order chi connectivity index (χ0) is 12.1. The van der Waals surface area contributed by atoms with E-state index in [0.29, 0.717) is 11.3 Å². The number of nitriles is 1. The number of carbonyl (C=O) groups excluding carboxylic acids is 1. The molecule has 0 saturated heterocycles. The highest BCUT2D eigenvalue weighted by atomic mass is 16.3. The first-order valence-corrected chi connectivity index (χ1v) is 4.73. The number of nitrogens with zero attached hydrogens (tertiary/aromatic N) is 2. The van der Waals surface area contributed by atoms with Crippen LogP contribution in [0.5, 0.6) is 0 Å². The third-order valence-corrected chi connectivity index (χ3v) is 2.12. The highest BCUT2D eigenvalue weighted by molar-refractivity contribution is 5.92. The maximum Gasteiger partial charge on any atom is 0.221 e. The zero-order valence-corrected chi connectivity index (χ0v) is 9.02.